The number of nitrogens with two attached hydrogens (primary N) is 1. The van der Waals surface area contributed by atoms with E-state index in [0.717, 1.165) is 32.2 Å². The second kappa shape index (κ2) is 9.03. The Bertz CT molecular complexity index is 960. The zero-order chi connectivity index (χ0) is 24.0. The number of fused-ring (bicyclic) bond motifs is 3. The molecular weight excluding hydrogens is 441 g/mol. The van der Waals surface area contributed by atoms with Gasteiger partial charge in [0.05, 0.1) is 18.8 Å². The molecule has 0 bridgehead atoms. The number of benzene rings is 1. The number of carbonyl (C=O) groups excluding carboxylic acids is 1. The number of ether oxygens (including phenoxy) is 1. The van der Waals surface area contributed by atoms with Crippen LogP contribution in [0, 0.1) is 5.92 Å². The van der Waals surface area contributed by atoms with Gasteiger partial charge < -0.3 is 40.5 Å². The van der Waals surface area contributed by atoms with Crippen LogP contribution in [0.3, 0.4) is 0 Å². The molecule has 1 aromatic rings. The lowest BCUT2D eigenvalue weighted by Gasteiger charge is -2.41. The normalized spacial score (nSPS) is 29.3. The molecule has 1 amide bonds. The molecule has 2 aliphatic heterocycles. The first kappa shape index (κ1) is 23.4. The molecule has 34 heavy (non-hydrogen) atoms. The van der Waals surface area contributed by atoms with Crippen molar-refractivity contribution in [3.05, 3.63) is 23.3 Å². The summed E-state index contributed by atoms with van der Waals surface area (Å²) in [5.74, 6) is -1.13. The molecule has 6 N–H and O–H groups in total. The van der Waals surface area contributed by atoms with Crippen LogP contribution in [0.4, 0.5) is 0 Å². The first-order valence-corrected chi connectivity index (χ1v) is 12.3. The highest BCUT2D eigenvalue weighted by atomic mass is 16.6. The molecule has 2 atom stereocenters. The fourth-order valence-corrected chi connectivity index (χ4v) is 5.74. The van der Waals surface area contributed by atoms with Crippen LogP contribution in [-0.4, -0.2) is 77.0 Å². The number of nitrogens with one attached hydrogen (secondary N) is 1. The first-order chi connectivity index (χ1) is 16.3. The molecule has 1 aromatic carbocycles. The summed E-state index contributed by atoms with van der Waals surface area (Å²) in [6.45, 7) is -0.814. The molecule has 3 fully saturated rings. The van der Waals surface area contributed by atoms with Crippen molar-refractivity contribution in [1.29, 1.82) is 0 Å². The molecule has 2 aliphatic carbocycles. The lowest BCUT2D eigenvalue weighted by molar-refractivity contribution is -0.141. The van der Waals surface area contributed by atoms with Crippen molar-refractivity contribution >= 4 is 18.6 Å². The first-order valence-electron chi connectivity index (χ1n) is 12.3. The average Bonchev–Trinajstić information content (AvgIpc) is 3.57. The van der Waals surface area contributed by atoms with Gasteiger partial charge in [0.25, 0.3) is 0 Å². The number of carbonyl (C=O) groups is 2. The van der Waals surface area contributed by atoms with Crippen LogP contribution in [0.2, 0.25) is 5.82 Å². The number of carboxylic acid groups (broad SMARTS) is 1. The third-order valence-corrected chi connectivity index (χ3v) is 7.83. The Morgan fingerprint density at radius 3 is 2.62 bits per heavy atom. The molecule has 10 nitrogen and oxygen atoms in total. The number of nitrogens with zero attached hydrogens (tertiary/aromatic N) is 1. The van der Waals surface area contributed by atoms with Gasteiger partial charge in [0.15, 0.2) is 0 Å². The third kappa shape index (κ3) is 4.49. The van der Waals surface area contributed by atoms with Gasteiger partial charge in [-0.25, -0.2) is 4.79 Å². The smallest absolute Gasteiger partial charge is 0.434 e. The van der Waals surface area contributed by atoms with Crippen molar-refractivity contribution in [1.82, 2.24) is 10.2 Å². The van der Waals surface area contributed by atoms with Crippen molar-refractivity contribution < 1.29 is 34.1 Å². The van der Waals surface area contributed by atoms with Gasteiger partial charge in [-0.3, -0.25) is 4.79 Å². The van der Waals surface area contributed by atoms with Gasteiger partial charge in [-0.05, 0) is 49.1 Å². The zero-order valence-electron chi connectivity index (χ0n) is 19.2. The lowest BCUT2D eigenvalue weighted by Crippen LogP contribution is -2.56. The Morgan fingerprint density at radius 1 is 1.21 bits per heavy atom. The average molecular weight is 474 g/mol. The number of hydrogen-bond donors (Lipinski definition) is 5. The van der Waals surface area contributed by atoms with E-state index in [1.807, 2.05) is 0 Å². The van der Waals surface area contributed by atoms with E-state index in [4.69, 9.17) is 15.1 Å². The van der Waals surface area contributed by atoms with E-state index in [2.05, 4.69) is 5.32 Å². The Morgan fingerprint density at radius 2 is 1.94 bits per heavy atom. The summed E-state index contributed by atoms with van der Waals surface area (Å²) in [4.78, 5) is 26.4. The molecule has 2 unspecified atom stereocenters. The van der Waals surface area contributed by atoms with E-state index in [1.54, 1.807) is 17.0 Å². The Labute approximate surface area is 198 Å². The van der Waals surface area contributed by atoms with Gasteiger partial charge >= 0.3 is 12.7 Å². The second-order valence-corrected chi connectivity index (χ2v) is 10.2. The van der Waals surface area contributed by atoms with Crippen molar-refractivity contribution in [3.8, 4) is 11.5 Å². The Kier molecular flexibility index (Phi) is 6.22. The zero-order valence-corrected chi connectivity index (χ0v) is 19.2. The fourth-order valence-electron chi connectivity index (χ4n) is 5.74. The molecule has 5 rings (SSSR count). The SMILES string of the molecule is NCCNC1CCC(CC(=O)N2CC(Oc3ccc4c(c3C(=O)O)O[B-](O)(O)C3CC43)C2)CC1. The molecule has 11 heteroatoms. The number of rotatable bonds is 8. The summed E-state index contributed by atoms with van der Waals surface area (Å²) in [5, 5.41) is 33.6. The number of hydrogen-bond acceptors (Lipinski definition) is 8. The van der Waals surface area contributed by atoms with Gasteiger partial charge in [-0.15, -0.1) is 0 Å². The number of carboxylic acids is 1. The van der Waals surface area contributed by atoms with Gasteiger partial charge in [0.2, 0.25) is 5.91 Å². The van der Waals surface area contributed by atoms with Crippen molar-refractivity contribution in [3.63, 3.8) is 0 Å². The lowest BCUT2D eigenvalue weighted by atomic mass is 9.68. The van der Waals surface area contributed by atoms with E-state index in [0.29, 0.717) is 50.0 Å². The minimum Gasteiger partial charge on any atom is -0.669 e. The van der Waals surface area contributed by atoms with Crippen LogP contribution in [0.1, 0.15) is 60.4 Å². The van der Waals surface area contributed by atoms with Crippen molar-refractivity contribution in [2.75, 3.05) is 26.2 Å². The third-order valence-electron chi connectivity index (χ3n) is 7.83. The van der Waals surface area contributed by atoms with Crippen LogP contribution in [0.15, 0.2) is 12.1 Å². The molecule has 2 heterocycles. The van der Waals surface area contributed by atoms with Crippen LogP contribution < -0.4 is 20.4 Å². The molecular formula is C23H33BN3O7-. The summed E-state index contributed by atoms with van der Waals surface area (Å²) >= 11 is 0. The molecule has 0 aromatic heterocycles. The minimum atomic E-state index is -3.08. The Hall–Kier alpha value is -2.34. The molecule has 1 saturated heterocycles. The maximum absolute atomic E-state index is 12.7. The highest BCUT2D eigenvalue weighted by Gasteiger charge is 2.55. The topological polar surface area (TPSA) is 155 Å². The molecule has 2 saturated carbocycles. The summed E-state index contributed by atoms with van der Waals surface area (Å²) in [5.41, 5.74) is 6.03. The summed E-state index contributed by atoms with van der Waals surface area (Å²) in [6, 6.07) is 3.85. The molecule has 0 radical (unpaired) electrons. The van der Waals surface area contributed by atoms with E-state index in [-0.39, 0.29) is 40.8 Å². The number of amides is 1. The van der Waals surface area contributed by atoms with E-state index in [1.165, 1.54) is 0 Å². The molecule has 4 aliphatic rings. The number of aromatic carboxylic acids is 1. The highest BCUT2D eigenvalue weighted by Crippen LogP contribution is 2.63. The van der Waals surface area contributed by atoms with Gasteiger partial charge in [-0.2, -0.15) is 0 Å². The van der Waals surface area contributed by atoms with Crippen molar-refractivity contribution in [2.45, 2.75) is 62.4 Å². The molecule has 0 spiro atoms. The molecule has 186 valence electrons. The van der Waals surface area contributed by atoms with E-state index < -0.39 is 12.7 Å². The summed E-state index contributed by atoms with van der Waals surface area (Å²) in [6.07, 6.45) is 4.96. The van der Waals surface area contributed by atoms with Gasteiger partial charge in [0.1, 0.15) is 17.4 Å². The predicted octanol–water partition coefficient (Wildman–Crippen LogP) is 0.645. The van der Waals surface area contributed by atoms with Gasteiger partial charge in [-0.1, -0.05) is 18.3 Å². The standard InChI is InChI=1S/C23H33BN3O7/c25-7-8-26-14-3-1-13(2-4-14)9-20(28)27-11-15(12-27)33-19-6-5-16-17-10-18(17)24(31,32)34-22(16)21(19)23(29)30/h5-6,13-15,17-18,26,31-32H,1-4,7-12,25H2,(H,29,30)/q-1. The quantitative estimate of drug-likeness (QED) is 0.342. The maximum Gasteiger partial charge on any atom is 0.434 e. The van der Waals surface area contributed by atoms with E-state index in [9.17, 15) is 24.7 Å². The highest BCUT2D eigenvalue weighted by molar-refractivity contribution is 6.62. The largest absolute Gasteiger partial charge is 0.669 e. The predicted molar refractivity (Wildman–Crippen MR) is 124 cm³/mol. The van der Waals surface area contributed by atoms with E-state index >= 15 is 0 Å². The van der Waals surface area contributed by atoms with Crippen LogP contribution in [0.5, 0.6) is 11.5 Å². The number of likely N-dealkylation sites (tertiary alicyclic amines) is 1. The van der Waals surface area contributed by atoms with Crippen molar-refractivity contribution in [2.24, 2.45) is 11.7 Å². The fraction of sp³-hybridized carbons (Fsp3) is 0.652. The summed E-state index contributed by atoms with van der Waals surface area (Å²) in [7, 11) is 0. The van der Waals surface area contributed by atoms with Crippen LogP contribution in [0.25, 0.3) is 0 Å². The minimum absolute atomic E-state index is 0.0161. The maximum atomic E-state index is 12.7. The monoisotopic (exact) mass is 474 g/mol. The Balaban J connectivity index is 1.15. The van der Waals surface area contributed by atoms with Crippen LogP contribution in [-0.2, 0) is 4.79 Å². The van der Waals surface area contributed by atoms with Crippen LogP contribution >= 0.6 is 0 Å². The second-order valence-electron chi connectivity index (χ2n) is 10.2. The van der Waals surface area contributed by atoms with Gasteiger partial charge in [0, 0.05) is 25.6 Å². The summed E-state index contributed by atoms with van der Waals surface area (Å²) < 4.78 is 11.3.